The number of aliphatic carboxylic acids is 2. The number of benzene rings is 1. The van der Waals surface area contributed by atoms with Crippen LogP contribution in [0.25, 0.3) is 0 Å². The number of aromatic hydroxyl groups is 1. The number of carboxylic acid groups (broad SMARTS) is 2. The molecule has 27 heavy (non-hydrogen) atoms. The van der Waals surface area contributed by atoms with Crippen LogP contribution in [0.1, 0.15) is 6.42 Å². The first-order chi connectivity index (χ1) is 12.7. The Morgan fingerprint density at radius 1 is 1.15 bits per heavy atom. The maximum atomic E-state index is 9.82. The van der Waals surface area contributed by atoms with E-state index in [4.69, 9.17) is 15.3 Å². The Morgan fingerprint density at radius 3 is 2.30 bits per heavy atom. The normalized spacial score (nSPS) is 11.4. The van der Waals surface area contributed by atoms with Gasteiger partial charge in [-0.2, -0.15) is 0 Å². The van der Waals surface area contributed by atoms with Gasteiger partial charge in [0.1, 0.15) is 11.4 Å². The molecule has 0 amide bonds. The van der Waals surface area contributed by atoms with Gasteiger partial charge in [0.25, 0.3) is 0 Å². The molecule has 144 valence electrons. The summed E-state index contributed by atoms with van der Waals surface area (Å²) in [6.45, 7) is 0. The van der Waals surface area contributed by atoms with Crippen molar-refractivity contribution in [2.24, 2.45) is 10.2 Å². The van der Waals surface area contributed by atoms with Gasteiger partial charge in [0, 0.05) is 32.0 Å². The van der Waals surface area contributed by atoms with Gasteiger partial charge >= 0.3 is 11.9 Å². The first-order valence-electron chi connectivity index (χ1n) is 7.66. The largest absolute Gasteiger partial charge is 0.506 e. The highest BCUT2D eigenvalue weighted by Crippen LogP contribution is 2.31. The first kappa shape index (κ1) is 21.5. The molecule has 0 fully saturated rings. The van der Waals surface area contributed by atoms with Gasteiger partial charge in [-0.15, -0.1) is 10.2 Å². The molecule has 0 aliphatic heterocycles. The first-order valence-corrected chi connectivity index (χ1v) is 7.66. The van der Waals surface area contributed by atoms with Crippen LogP contribution in [0.3, 0.4) is 0 Å². The minimum Gasteiger partial charge on any atom is -0.506 e. The highest BCUT2D eigenvalue weighted by molar-refractivity contribution is 5.79. The topological polar surface area (TPSA) is 156 Å². The minimum atomic E-state index is -1.79. The number of pyridine rings is 1. The predicted molar refractivity (Wildman–Crippen MR) is 96.7 cm³/mol. The van der Waals surface area contributed by atoms with Crippen molar-refractivity contribution in [2.45, 2.75) is 12.5 Å². The molecular weight excluding hydrogens is 356 g/mol. The summed E-state index contributed by atoms with van der Waals surface area (Å²) in [6, 6.07) is 10.6. The summed E-state index contributed by atoms with van der Waals surface area (Å²) in [5.74, 6) is -2.24. The van der Waals surface area contributed by atoms with E-state index in [1.165, 1.54) is 0 Å². The number of hydrogen-bond donors (Lipinski definition) is 4. The second kappa shape index (κ2) is 10.5. The molecule has 4 N–H and O–H groups in total. The molecule has 1 unspecified atom stereocenters. The number of anilines is 1. The van der Waals surface area contributed by atoms with Crippen LogP contribution in [0.15, 0.2) is 52.8 Å². The lowest BCUT2D eigenvalue weighted by molar-refractivity contribution is -0.152. The molecule has 0 bridgehead atoms. The minimum absolute atomic E-state index is 0.0980. The van der Waals surface area contributed by atoms with E-state index in [9.17, 15) is 14.7 Å². The van der Waals surface area contributed by atoms with Crippen LogP contribution >= 0.6 is 0 Å². The third kappa shape index (κ3) is 7.92. The number of hydrogen-bond acceptors (Lipinski definition) is 8. The molecule has 1 heterocycles. The molecule has 0 aliphatic carbocycles. The third-order valence-electron chi connectivity index (χ3n) is 3.04. The molecule has 1 atom stereocenters. The van der Waals surface area contributed by atoms with Crippen LogP contribution in [0, 0.1) is 0 Å². The average molecular weight is 376 g/mol. The number of rotatable bonds is 6. The molecule has 2 aromatic rings. The summed E-state index contributed by atoms with van der Waals surface area (Å²) in [7, 11) is 3.81. The Labute approximate surface area is 155 Å². The zero-order valence-corrected chi connectivity index (χ0v) is 14.7. The van der Waals surface area contributed by atoms with E-state index >= 15 is 0 Å². The third-order valence-corrected chi connectivity index (χ3v) is 3.04. The summed E-state index contributed by atoms with van der Waals surface area (Å²) < 4.78 is 0. The van der Waals surface area contributed by atoms with Gasteiger partial charge in [0.2, 0.25) is 0 Å². The van der Waals surface area contributed by atoms with Crippen molar-refractivity contribution >= 4 is 29.1 Å². The number of aromatic nitrogens is 1. The van der Waals surface area contributed by atoms with Crippen molar-refractivity contribution in [3.63, 3.8) is 0 Å². The van der Waals surface area contributed by atoms with E-state index in [1.54, 1.807) is 24.4 Å². The molecule has 1 aromatic carbocycles. The zero-order valence-electron chi connectivity index (χ0n) is 14.7. The lowest BCUT2D eigenvalue weighted by atomic mass is 10.2. The summed E-state index contributed by atoms with van der Waals surface area (Å²) >= 11 is 0. The molecular formula is C17H20N4O6. The van der Waals surface area contributed by atoms with E-state index in [-0.39, 0.29) is 5.75 Å². The van der Waals surface area contributed by atoms with E-state index in [0.29, 0.717) is 11.5 Å². The molecule has 10 heteroatoms. The van der Waals surface area contributed by atoms with Crippen LogP contribution in [-0.4, -0.2) is 57.5 Å². The zero-order chi connectivity index (χ0) is 20.4. The number of phenols is 1. The van der Waals surface area contributed by atoms with Crippen molar-refractivity contribution in [3.05, 3.63) is 42.6 Å². The quantitative estimate of drug-likeness (QED) is 0.559. The Morgan fingerprint density at radius 2 is 1.85 bits per heavy atom. The molecule has 0 saturated carbocycles. The van der Waals surface area contributed by atoms with Gasteiger partial charge in [0.05, 0.1) is 6.42 Å². The second-order valence-corrected chi connectivity index (χ2v) is 5.41. The van der Waals surface area contributed by atoms with Gasteiger partial charge in [-0.05, 0) is 24.3 Å². The molecule has 10 nitrogen and oxygen atoms in total. The Balaban J connectivity index is 0.000000345. The number of carboxylic acids is 2. The van der Waals surface area contributed by atoms with Crippen molar-refractivity contribution in [1.82, 2.24) is 4.98 Å². The monoisotopic (exact) mass is 376 g/mol. The smallest absolute Gasteiger partial charge is 0.333 e. The summed E-state index contributed by atoms with van der Waals surface area (Å²) in [4.78, 5) is 25.3. The van der Waals surface area contributed by atoms with Gasteiger partial charge in [-0.1, -0.05) is 6.07 Å². The fourth-order valence-corrected chi connectivity index (χ4v) is 1.65. The number of aliphatic hydroxyl groups excluding tert-OH is 1. The number of aliphatic hydroxyl groups is 1. The highest BCUT2D eigenvalue weighted by Gasteiger charge is 2.16. The van der Waals surface area contributed by atoms with Crippen molar-refractivity contribution < 1.29 is 30.0 Å². The van der Waals surface area contributed by atoms with Gasteiger partial charge in [-0.25, -0.2) is 9.78 Å². The Hall–Kier alpha value is -3.53. The highest BCUT2D eigenvalue weighted by atomic mass is 16.4. The lowest BCUT2D eigenvalue weighted by Crippen LogP contribution is -2.22. The van der Waals surface area contributed by atoms with Crippen LogP contribution in [-0.2, 0) is 9.59 Å². The molecule has 0 radical (unpaired) electrons. The predicted octanol–water partition coefficient (Wildman–Crippen LogP) is 2.18. The van der Waals surface area contributed by atoms with Crippen LogP contribution in [0.5, 0.6) is 5.75 Å². The molecule has 0 saturated heterocycles. The maximum absolute atomic E-state index is 9.82. The maximum Gasteiger partial charge on any atom is 0.333 e. The Bertz CT molecular complexity index is 795. The van der Waals surface area contributed by atoms with Crippen LogP contribution in [0.4, 0.5) is 17.2 Å². The standard InChI is InChI=1S/C13H14N4O.C4H6O5/c1-17(2)10-6-7-11(12(18)9-10)15-16-13-5-3-4-8-14-13;5-2(4(8)9)1-3(6)7/h3-9,18H,1-2H3;2,5H,1H2,(H,6,7)(H,8,9). The molecule has 2 rings (SSSR count). The SMILES string of the molecule is CN(C)c1ccc(N=Nc2ccccn2)c(O)c1.O=C(O)CC(O)C(=O)O. The van der Waals surface area contributed by atoms with Crippen LogP contribution in [0.2, 0.25) is 0 Å². The van der Waals surface area contributed by atoms with E-state index in [0.717, 1.165) is 5.69 Å². The average Bonchev–Trinajstić information content (AvgIpc) is 2.61. The Kier molecular flexibility index (Phi) is 8.33. The van der Waals surface area contributed by atoms with E-state index in [1.807, 2.05) is 37.2 Å². The number of nitrogens with zero attached hydrogens (tertiary/aromatic N) is 4. The second-order valence-electron chi connectivity index (χ2n) is 5.41. The fraction of sp³-hybridized carbons (Fsp3) is 0.235. The van der Waals surface area contributed by atoms with Crippen molar-refractivity contribution in [3.8, 4) is 5.75 Å². The van der Waals surface area contributed by atoms with E-state index in [2.05, 4.69) is 15.2 Å². The molecule has 1 aromatic heterocycles. The van der Waals surface area contributed by atoms with Gasteiger partial charge in [0.15, 0.2) is 11.9 Å². The van der Waals surface area contributed by atoms with Gasteiger partial charge in [-0.3, -0.25) is 4.79 Å². The van der Waals surface area contributed by atoms with E-state index < -0.39 is 24.5 Å². The number of azo groups is 1. The van der Waals surface area contributed by atoms with Crippen molar-refractivity contribution in [1.29, 1.82) is 0 Å². The molecule has 0 aliphatic rings. The number of phenolic OH excluding ortho intramolecular Hbond substituents is 1. The molecule has 0 spiro atoms. The summed E-state index contributed by atoms with van der Waals surface area (Å²) in [5, 5.41) is 41.9. The summed E-state index contributed by atoms with van der Waals surface area (Å²) in [5.41, 5.74) is 1.33. The van der Waals surface area contributed by atoms with Crippen molar-refractivity contribution in [2.75, 3.05) is 19.0 Å². The number of carbonyl (C=O) groups is 2. The fourth-order valence-electron chi connectivity index (χ4n) is 1.65. The van der Waals surface area contributed by atoms with Gasteiger partial charge < -0.3 is 25.3 Å². The lowest BCUT2D eigenvalue weighted by Gasteiger charge is -2.12. The van der Waals surface area contributed by atoms with Crippen LogP contribution < -0.4 is 4.90 Å². The summed E-state index contributed by atoms with van der Waals surface area (Å²) in [6.07, 6.45) is -0.902.